The lowest BCUT2D eigenvalue weighted by atomic mass is 9.90. The minimum atomic E-state index is -0.713. The molecule has 9 heteroatoms. The van der Waals surface area contributed by atoms with E-state index in [4.69, 9.17) is 9.47 Å². The van der Waals surface area contributed by atoms with Gasteiger partial charge in [0, 0.05) is 12.6 Å². The molecule has 8 nitrogen and oxygen atoms in total. The first kappa shape index (κ1) is 16.8. The average Bonchev–Trinajstić information content (AvgIpc) is 3.09. The Bertz CT molecular complexity index is 644. The Morgan fingerprint density at radius 3 is 2.92 bits per heavy atom. The van der Waals surface area contributed by atoms with Crippen molar-refractivity contribution in [2.45, 2.75) is 37.8 Å². The van der Waals surface area contributed by atoms with E-state index in [9.17, 15) is 19.7 Å². The Morgan fingerprint density at radius 1 is 1.38 bits per heavy atom. The molecule has 0 aromatic carbocycles. The molecule has 2 atom stereocenters. The fourth-order valence-corrected chi connectivity index (χ4v) is 3.94. The first-order chi connectivity index (χ1) is 11.6. The molecule has 1 aromatic heterocycles. The zero-order valence-electron chi connectivity index (χ0n) is 13.0. The largest absolute Gasteiger partial charge is 0.451 e. The quantitative estimate of drug-likeness (QED) is 0.466. The molecule has 1 saturated carbocycles. The highest BCUT2D eigenvalue weighted by molar-refractivity contribution is 7.17. The average molecular weight is 354 g/mol. The molecule has 1 amide bonds. The molecular weight excluding hydrogens is 336 g/mol. The van der Waals surface area contributed by atoms with Gasteiger partial charge in [-0.05, 0) is 18.9 Å². The second-order valence-corrected chi connectivity index (χ2v) is 6.88. The first-order valence-corrected chi connectivity index (χ1v) is 8.70. The van der Waals surface area contributed by atoms with Gasteiger partial charge in [0.1, 0.15) is 4.88 Å². The minimum absolute atomic E-state index is 0.0570. The van der Waals surface area contributed by atoms with Gasteiger partial charge in [0.15, 0.2) is 6.61 Å². The van der Waals surface area contributed by atoms with E-state index in [2.05, 4.69) is 0 Å². The summed E-state index contributed by atoms with van der Waals surface area (Å²) in [7, 11) is 0. The van der Waals surface area contributed by atoms with E-state index in [-0.39, 0.29) is 34.5 Å². The number of nitrogens with zero attached hydrogens (tertiary/aromatic N) is 2. The van der Waals surface area contributed by atoms with Crippen LogP contribution in [0.15, 0.2) is 12.1 Å². The number of nitro groups is 1. The highest BCUT2D eigenvalue weighted by Crippen LogP contribution is 2.28. The molecule has 1 aliphatic heterocycles. The normalized spacial score (nSPS) is 23.4. The van der Waals surface area contributed by atoms with E-state index in [1.165, 1.54) is 12.1 Å². The molecule has 24 heavy (non-hydrogen) atoms. The fourth-order valence-electron chi connectivity index (χ4n) is 3.22. The first-order valence-electron chi connectivity index (χ1n) is 7.88. The van der Waals surface area contributed by atoms with Crippen LogP contribution in [0.2, 0.25) is 0 Å². The number of morpholine rings is 1. The number of amides is 1. The van der Waals surface area contributed by atoms with E-state index >= 15 is 0 Å². The molecule has 1 aromatic rings. The van der Waals surface area contributed by atoms with Crippen LogP contribution in [-0.4, -0.2) is 53.6 Å². The third kappa shape index (κ3) is 3.57. The van der Waals surface area contributed by atoms with Crippen molar-refractivity contribution >= 4 is 28.2 Å². The summed E-state index contributed by atoms with van der Waals surface area (Å²) in [6, 6.07) is 2.64. The number of hydrogen-bond acceptors (Lipinski definition) is 7. The highest BCUT2D eigenvalue weighted by Gasteiger charge is 2.36. The number of rotatable bonds is 4. The molecule has 1 aliphatic carbocycles. The summed E-state index contributed by atoms with van der Waals surface area (Å²) in [5.74, 6) is -0.954. The molecule has 2 heterocycles. The number of hydrogen-bond donors (Lipinski definition) is 0. The smallest absolute Gasteiger partial charge is 0.349 e. The second kappa shape index (κ2) is 7.27. The summed E-state index contributed by atoms with van der Waals surface area (Å²) >= 11 is 0.736. The number of esters is 1. The summed E-state index contributed by atoms with van der Waals surface area (Å²) < 4.78 is 10.8. The van der Waals surface area contributed by atoms with Crippen LogP contribution in [-0.2, 0) is 14.3 Å². The van der Waals surface area contributed by atoms with Crippen LogP contribution in [0.3, 0.4) is 0 Å². The van der Waals surface area contributed by atoms with Gasteiger partial charge in [0.25, 0.3) is 5.91 Å². The summed E-state index contributed by atoms with van der Waals surface area (Å²) in [6.07, 6.45) is 4.10. The molecule has 2 aliphatic rings. The second-order valence-electron chi connectivity index (χ2n) is 5.82. The lowest BCUT2D eigenvalue weighted by Gasteiger charge is -2.43. The predicted molar refractivity (Wildman–Crippen MR) is 85.0 cm³/mol. The number of carbonyl (C=O) groups excluding carboxylic acids is 2. The maximum Gasteiger partial charge on any atom is 0.349 e. The Balaban J connectivity index is 1.56. The van der Waals surface area contributed by atoms with Gasteiger partial charge in [-0.15, -0.1) is 0 Å². The maximum atomic E-state index is 12.4. The van der Waals surface area contributed by atoms with Crippen molar-refractivity contribution in [2.75, 3.05) is 19.8 Å². The molecule has 1 saturated heterocycles. The molecule has 2 fully saturated rings. The Morgan fingerprint density at radius 2 is 2.17 bits per heavy atom. The van der Waals surface area contributed by atoms with Gasteiger partial charge in [-0.1, -0.05) is 24.2 Å². The van der Waals surface area contributed by atoms with Crippen molar-refractivity contribution in [1.82, 2.24) is 4.90 Å². The van der Waals surface area contributed by atoms with Crippen LogP contribution >= 0.6 is 11.3 Å². The number of ether oxygens (including phenoxy) is 2. The van der Waals surface area contributed by atoms with Crippen molar-refractivity contribution in [2.24, 2.45) is 0 Å². The Kier molecular flexibility index (Phi) is 5.10. The third-order valence-electron chi connectivity index (χ3n) is 4.35. The van der Waals surface area contributed by atoms with Gasteiger partial charge in [-0.3, -0.25) is 14.9 Å². The third-order valence-corrected chi connectivity index (χ3v) is 5.37. The molecule has 0 unspecified atom stereocenters. The lowest BCUT2D eigenvalue weighted by molar-refractivity contribution is -0.380. The van der Waals surface area contributed by atoms with Crippen LogP contribution in [0.4, 0.5) is 5.00 Å². The topological polar surface area (TPSA) is 99.0 Å². The Labute approximate surface area is 142 Å². The van der Waals surface area contributed by atoms with Gasteiger partial charge in [-0.2, -0.15) is 0 Å². The molecule has 0 radical (unpaired) electrons. The summed E-state index contributed by atoms with van der Waals surface area (Å²) in [5.41, 5.74) is 0. The highest BCUT2D eigenvalue weighted by atomic mass is 32.1. The van der Waals surface area contributed by atoms with Crippen molar-refractivity contribution < 1.29 is 24.0 Å². The molecule has 0 bridgehead atoms. The summed E-state index contributed by atoms with van der Waals surface area (Å²) in [5, 5.41) is 10.5. The maximum absolute atomic E-state index is 12.4. The van der Waals surface area contributed by atoms with Crippen LogP contribution in [0.25, 0.3) is 0 Å². The molecule has 0 spiro atoms. The van der Waals surface area contributed by atoms with Crippen LogP contribution in [0, 0.1) is 10.1 Å². The molecule has 3 rings (SSSR count). The molecule has 130 valence electrons. The van der Waals surface area contributed by atoms with Crippen molar-refractivity contribution in [3.8, 4) is 0 Å². The van der Waals surface area contributed by atoms with Gasteiger partial charge >= 0.3 is 11.0 Å². The van der Waals surface area contributed by atoms with Crippen LogP contribution in [0.5, 0.6) is 0 Å². The van der Waals surface area contributed by atoms with E-state index < -0.39 is 10.9 Å². The van der Waals surface area contributed by atoms with Crippen molar-refractivity contribution in [3.05, 3.63) is 27.1 Å². The van der Waals surface area contributed by atoms with Crippen molar-refractivity contribution in [3.63, 3.8) is 0 Å². The number of thiophene rings is 1. The summed E-state index contributed by atoms with van der Waals surface area (Å²) in [6.45, 7) is 0.647. The van der Waals surface area contributed by atoms with E-state index in [1.807, 2.05) is 0 Å². The van der Waals surface area contributed by atoms with E-state index in [1.54, 1.807) is 4.90 Å². The number of carbonyl (C=O) groups is 2. The van der Waals surface area contributed by atoms with Gasteiger partial charge in [0.05, 0.1) is 23.7 Å². The van der Waals surface area contributed by atoms with Gasteiger partial charge in [-0.25, -0.2) is 4.79 Å². The lowest BCUT2D eigenvalue weighted by Crippen LogP contribution is -2.55. The number of fused-ring (bicyclic) bond motifs is 1. The molecular formula is C15H18N2O6S. The van der Waals surface area contributed by atoms with Crippen molar-refractivity contribution in [1.29, 1.82) is 0 Å². The zero-order valence-corrected chi connectivity index (χ0v) is 13.8. The van der Waals surface area contributed by atoms with E-state index in [0.717, 1.165) is 37.0 Å². The van der Waals surface area contributed by atoms with E-state index in [0.29, 0.717) is 13.2 Å². The SMILES string of the molecule is O=C(OCC(=O)N1CCO[C@H]2CCCC[C@@H]21)c1ccc([N+](=O)[O-])s1. The fraction of sp³-hybridized carbons (Fsp3) is 0.600. The van der Waals surface area contributed by atoms with Gasteiger partial charge in [0.2, 0.25) is 0 Å². The monoisotopic (exact) mass is 354 g/mol. The van der Waals surface area contributed by atoms with Crippen LogP contribution < -0.4 is 0 Å². The Hall–Kier alpha value is -2.00. The minimum Gasteiger partial charge on any atom is -0.451 e. The molecule has 0 N–H and O–H groups in total. The van der Waals surface area contributed by atoms with Gasteiger partial charge < -0.3 is 14.4 Å². The summed E-state index contributed by atoms with van der Waals surface area (Å²) in [4.78, 5) is 36.2. The van der Waals surface area contributed by atoms with Crippen LogP contribution in [0.1, 0.15) is 35.4 Å². The zero-order chi connectivity index (χ0) is 17.1. The standard InChI is InChI=1S/C15H18N2O6S/c18-13(16-7-8-22-11-4-2-1-3-10(11)16)9-23-15(19)12-5-6-14(24-12)17(20)21/h5-6,10-11H,1-4,7-9H2/t10-,11-/m0/s1. The predicted octanol–water partition coefficient (Wildman–Crippen LogP) is 1.98.